The highest BCUT2D eigenvalue weighted by Gasteiger charge is 2.29. The van der Waals surface area contributed by atoms with Crippen LogP contribution in [0.2, 0.25) is 0 Å². The Balaban J connectivity index is 1.88. The molecule has 126 valence electrons. The lowest BCUT2D eigenvalue weighted by molar-refractivity contribution is -0.121. The lowest BCUT2D eigenvalue weighted by Gasteiger charge is -2.38. The van der Waals surface area contributed by atoms with Crippen molar-refractivity contribution >= 4 is 11.6 Å². The molecule has 0 aromatic heterocycles. The SMILES string of the molecule is CCNC(=O)CC1COc2cc(C)ccc2N1Cc1ccccc1. The van der Waals surface area contributed by atoms with E-state index in [1.807, 2.05) is 25.1 Å². The smallest absolute Gasteiger partial charge is 0.222 e. The van der Waals surface area contributed by atoms with Crippen molar-refractivity contribution in [3.8, 4) is 5.75 Å². The molecule has 0 saturated carbocycles. The highest BCUT2D eigenvalue weighted by Crippen LogP contribution is 2.36. The van der Waals surface area contributed by atoms with Gasteiger partial charge < -0.3 is 15.0 Å². The molecule has 1 unspecified atom stereocenters. The molecule has 1 heterocycles. The Morgan fingerprint density at radius 3 is 2.79 bits per heavy atom. The van der Waals surface area contributed by atoms with Gasteiger partial charge in [0.15, 0.2) is 0 Å². The Hall–Kier alpha value is -2.49. The van der Waals surface area contributed by atoms with Gasteiger partial charge >= 0.3 is 0 Å². The van der Waals surface area contributed by atoms with Crippen LogP contribution in [-0.2, 0) is 11.3 Å². The summed E-state index contributed by atoms with van der Waals surface area (Å²) in [5.74, 6) is 0.970. The minimum atomic E-state index is 0.0342. The maximum Gasteiger partial charge on any atom is 0.222 e. The second-order valence-corrected chi connectivity index (χ2v) is 6.21. The molecule has 0 fully saturated rings. The van der Waals surface area contributed by atoms with Crippen LogP contribution in [0.4, 0.5) is 5.69 Å². The molecule has 2 aromatic rings. The molecule has 1 aliphatic rings. The minimum Gasteiger partial charge on any atom is -0.489 e. The van der Waals surface area contributed by atoms with Gasteiger partial charge in [0.1, 0.15) is 12.4 Å². The first-order chi connectivity index (χ1) is 11.7. The van der Waals surface area contributed by atoms with Crippen molar-refractivity contribution in [2.45, 2.75) is 32.9 Å². The number of rotatable bonds is 5. The molecular formula is C20H24N2O2. The quantitative estimate of drug-likeness (QED) is 0.917. The summed E-state index contributed by atoms with van der Waals surface area (Å²) in [6.45, 7) is 5.95. The molecule has 0 saturated heterocycles. The van der Waals surface area contributed by atoms with Crippen LogP contribution in [0.1, 0.15) is 24.5 Å². The topological polar surface area (TPSA) is 41.6 Å². The number of carbonyl (C=O) groups is 1. The van der Waals surface area contributed by atoms with E-state index in [0.717, 1.165) is 18.0 Å². The standard InChI is InChI=1S/C20H24N2O2/c1-3-21-20(23)12-17-14-24-19-11-15(2)9-10-18(19)22(17)13-16-7-5-4-6-8-16/h4-11,17H,3,12-14H2,1-2H3,(H,21,23). The minimum absolute atomic E-state index is 0.0342. The number of ether oxygens (including phenoxy) is 1. The third-order valence-corrected chi connectivity index (χ3v) is 4.29. The van der Waals surface area contributed by atoms with Gasteiger partial charge in [-0.05, 0) is 37.1 Å². The van der Waals surface area contributed by atoms with E-state index >= 15 is 0 Å². The molecule has 1 atom stereocenters. The number of fused-ring (bicyclic) bond motifs is 1. The molecule has 4 nitrogen and oxygen atoms in total. The molecule has 1 N–H and O–H groups in total. The van der Waals surface area contributed by atoms with Gasteiger partial charge in [-0.25, -0.2) is 0 Å². The first-order valence-electron chi connectivity index (χ1n) is 8.48. The van der Waals surface area contributed by atoms with E-state index in [0.29, 0.717) is 19.6 Å². The number of anilines is 1. The molecule has 1 aliphatic heterocycles. The normalized spacial score (nSPS) is 16.2. The fourth-order valence-corrected chi connectivity index (χ4v) is 3.09. The Morgan fingerprint density at radius 2 is 2.04 bits per heavy atom. The van der Waals surface area contributed by atoms with Gasteiger partial charge in [0, 0.05) is 13.1 Å². The lowest BCUT2D eigenvalue weighted by Crippen LogP contribution is -2.45. The maximum atomic E-state index is 12.1. The fourth-order valence-electron chi connectivity index (χ4n) is 3.09. The highest BCUT2D eigenvalue weighted by molar-refractivity contribution is 5.77. The monoisotopic (exact) mass is 324 g/mol. The van der Waals surface area contributed by atoms with Gasteiger partial charge in [0.2, 0.25) is 5.91 Å². The fraction of sp³-hybridized carbons (Fsp3) is 0.350. The average Bonchev–Trinajstić information content (AvgIpc) is 2.58. The van der Waals surface area contributed by atoms with Crippen molar-refractivity contribution in [1.29, 1.82) is 0 Å². The number of amides is 1. The average molecular weight is 324 g/mol. The van der Waals surface area contributed by atoms with Crippen molar-refractivity contribution in [3.63, 3.8) is 0 Å². The van der Waals surface area contributed by atoms with E-state index in [2.05, 4.69) is 47.5 Å². The maximum absolute atomic E-state index is 12.1. The third kappa shape index (κ3) is 3.70. The molecule has 0 spiro atoms. The van der Waals surface area contributed by atoms with Crippen LogP contribution in [0.5, 0.6) is 5.75 Å². The Morgan fingerprint density at radius 1 is 1.25 bits per heavy atom. The predicted octanol–water partition coefficient (Wildman–Crippen LogP) is 3.29. The second kappa shape index (κ2) is 7.39. The van der Waals surface area contributed by atoms with Gasteiger partial charge in [-0.2, -0.15) is 0 Å². The van der Waals surface area contributed by atoms with Crippen molar-refractivity contribution in [2.75, 3.05) is 18.1 Å². The second-order valence-electron chi connectivity index (χ2n) is 6.21. The van der Waals surface area contributed by atoms with Crippen LogP contribution in [0.15, 0.2) is 48.5 Å². The number of hydrogen-bond acceptors (Lipinski definition) is 3. The van der Waals surface area contributed by atoms with Crippen molar-refractivity contribution in [2.24, 2.45) is 0 Å². The van der Waals surface area contributed by atoms with E-state index in [4.69, 9.17) is 4.74 Å². The zero-order valence-corrected chi connectivity index (χ0v) is 14.3. The van der Waals surface area contributed by atoms with Crippen molar-refractivity contribution in [3.05, 3.63) is 59.7 Å². The van der Waals surface area contributed by atoms with Crippen LogP contribution in [0.25, 0.3) is 0 Å². The highest BCUT2D eigenvalue weighted by atomic mass is 16.5. The molecule has 1 amide bonds. The van der Waals surface area contributed by atoms with Crippen LogP contribution in [0.3, 0.4) is 0 Å². The molecule has 0 bridgehead atoms. The molecule has 24 heavy (non-hydrogen) atoms. The van der Waals surface area contributed by atoms with Crippen LogP contribution in [0, 0.1) is 6.92 Å². The van der Waals surface area contributed by atoms with E-state index in [1.165, 1.54) is 11.1 Å². The van der Waals surface area contributed by atoms with Crippen LogP contribution < -0.4 is 15.0 Å². The lowest BCUT2D eigenvalue weighted by atomic mass is 10.1. The zero-order valence-electron chi connectivity index (χ0n) is 14.3. The number of aryl methyl sites for hydroxylation is 1. The molecule has 3 rings (SSSR count). The Labute approximate surface area is 143 Å². The summed E-state index contributed by atoms with van der Waals surface area (Å²) in [5.41, 5.74) is 3.47. The molecular weight excluding hydrogens is 300 g/mol. The van der Waals surface area contributed by atoms with E-state index < -0.39 is 0 Å². The number of carbonyl (C=O) groups excluding carboxylic acids is 1. The van der Waals surface area contributed by atoms with Crippen LogP contribution >= 0.6 is 0 Å². The number of benzene rings is 2. The largest absolute Gasteiger partial charge is 0.489 e. The van der Waals surface area contributed by atoms with Gasteiger partial charge in [-0.3, -0.25) is 4.79 Å². The molecule has 4 heteroatoms. The van der Waals surface area contributed by atoms with E-state index in [9.17, 15) is 4.79 Å². The first kappa shape index (κ1) is 16.4. The number of hydrogen-bond donors (Lipinski definition) is 1. The number of nitrogens with zero attached hydrogens (tertiary/aromatic N) is 1. The third-order valence-electron chi connectivity index (χ3n) is 4.29. The zero-order chi connectivity index (χ0) is 16.9. The summed E-state index contributed by atoms with van der Waals surface area (Å²) in [4.78, 5) is 14.4. The van der Waals surface area contributed by atoms with Gasteiger partial charge in [-0.15, -0.1) is 0 Å². The summed E-state index contributed by atoms with van der Waals surface area (Å²) in [6, 6.07) is 16.6. The summed E-state index contributed by atoms with van der Waals surface area (Å²) in [7, 11) is 0. The van der Waals surface area contributed by atoms with Gasteiger partial charge in [-0.1, -0.05) is 36.4 Å². The first-order valence-corrected chi connectivity index (χ1v) is 8.48. The van der Waals surface area contributed by atoms with E-state index in [1.54, 1.807) is 0 Å². The summed E-state index contributed by atoms with van der Waals surface area (Å²) in [6.07, 6.45) is 0.438. The van der Waals surface area contributed by atoms with Crippen molar-refractivity contribution < 1.29 is 9.53 Å². The van der Waals surface area contributed by atoms with Crippen LogP contribution in [-0.4, -0.2) is 25.1 Å². The summed E-state index contributed by atoms with van der Waals surface area (Å²) < 4.78 is 5.94. The number of nitrogens with one attached hydrogen (secondary N) is 1. The van der Waals surface area contributed by atoms with Gasteiger partial charge in [0.05, 0.1) is 18.2 Å². The van der Waals surface area contributed by atoms with Gasteiger partial charge in [0.25, 0.3) is 0 Å². The van der Waals surface area contributed by atoms with Crippen molar-refractivity contribution in [1.82, 2.24) is 5.32 Å². The molecule has 0 aliphatic carbocycles. The molecule has 2 aromatic carbocycles. The Kier molecular flexibility index (Phi) is 5.04. The summed E-state index contributed by atoms with van der Waals surface area (Å²) in [5, 5.41) is 2.89. The van der Waals surface area contributed by atoms with E-state index in [-0.39, 0.29) is 11.9 Å². The predicted molar refractivity (Wildman–Crippen MR) is 96.4 cm³/mol. The Bertz CT molecular complexity index is 700. The summed E-state index contributed by atoms with van der Waals surface area (Å²) >= 11 is 0. The molecule has 0 radical (unpaired) electrons.